The Labute approximate surface area is 154 Å². The van der Waals surface area contributed by atoms with Gasteiger partial charge < -0.3 is 15.4 Å². The largest absolute Gasteiger partial charge is 0.497 e. The fourth-order valence-corrected chi connectivity index (χ4v) is 2.53. The molecule has 2 rings (SSSR count). The highest BCUT2D eigenvalue weighted by molar-refractivity contribution is 5.99. The first kappa shape index (κ1) is 19.5. The van der Waals surface area contributed by atoms with Crippen molar-refractivity contribution < 1.29 is 14.3 Å². The lowest BCUT2D eigenvalue weighted by Crippen LogP contribution is -2.27. The summed E-state index contributed by atoms with van der Waals surface area (Å²) in [6, 6.07) is 14.5. The van der Waals surface area contributed by atoms with E-state index in [1.165, 1.54) is 0 Å². The number of nitrogens with one attached hydrogen (secondary N) is 2. The van der Waals surface area contributed by atoms with E-state index in [-0.39, 0.29) is 11.8 Å². The number of benzene rings is 2. The summed E-state index contributed by atoms with van der Waals surface area (Å²) >= 11 is 0. The van der Waals surface area contributed by atoms with Crippen molar-refractivity contribution in [1.82, 2.24) is 10.6 Å². The Bertz CT molecular complexity index is 744. The molecule has 2 amide bonds. The van der Waals surface area contributed by atoms with Gasteiger partial charge >= 0.3 is 0 Å². The smallest absolute Gasteiger partial charge is 0.251 e. The predicted octanol–water partition coefficient (Wildman–Crippen LogP) is 3.20. The first-order valence-corrected chi connectivity index (χ1v) is 8.93. The third-order valence-corrected chi connectivity index (χ3v) is 4.04. The maximum Gasteiger partial charge on any atom is 0.251 e. The van der Waals surface area contributed by atoms with Crippen LogP contribution in [0.2, 0.25) is 0 Å². The number of hydrogen-bond acceptors (Lipinski definition) is 3. The molecule has 0 aliphatic carbocycles. The van der Waals surface area contributed by atoms with Crippen molar-refractivity contribution in [1.29, 1.82) is 0 Å². The van der Waals surface area contributed by atoms with Crippen LogP contribution in [0.4, 0.5) is 0 Å². The van der Waals surface area contributed by atoms with Gasteiger partial charge in [-0.25, -0.2) is 0 Å². The van der Waals surface area contributed by atoms with Gasteiger partial charge in [0.05, 0.1) is 7.11 Å². The van der Waals surface area contributed by atoms with Crippen LogP contribution in [0.15, 0.2) is 48.5 Å². The van der Waals surface area contributed by atoms with E-state index in [9.17, 15) is 9.59 Å². The summed E-state index contributed by atoms with van der Waals surface area (Å²) in [5.74, 6) is 0.469. The Morgan fingerprint density at radius 1 is 0.923 bits per heavy atom. The molecule has 0 atom stereocenters. The summed E-state index contributed by atoms with van der Waals surface area (Å²) in [4.78, 5) is 24.4. The number of carbonyl (C=O) groups is 2. The van der Waals surface area contributed by atoms with Gasteiger partial charge in [-0.2, -0.15) is 0 Å². The van der Waals surface area contributed by atoms with Crippen molar-refractivity contribution in [2.75, 3.05) is 20.2 Å². The van der Waals surface area contributed by atoms with Gasteiger partial charge in [-0.3, -0.25) is 9.59 Å². The Kier molecular flexibility index (Phi) is 7.68. The second kappa shape index (κ2) is 10.2. The summed E-state index contributed by atoms with van der Waals surface area (Å²) in [6.07, 6.45) is 2.67. The second-order valence-electron chi connectivity index (χ2n) is 6.05. The molecule has 0 saturated carbocycles. The summed E-state index contributed by atoms with van der Waals surface area (Å²) in [5, 5.41) is 5.75. The molecule has 0 aromatic heterocycles. The number of hydrogen-bond donors (Lipinski definition) is 2. The molecule has 0 saturated heterocycles. The molecule has 0 radical (unpaired) electrons. The molecule has 5 nitrogen and oxygen atoms in total. The molecule has 138 valence electrons. The maximum atomic E-state index is 12.3. The van der Waals surface area contributed by atoms with E-state index in [0.717, 1.165) is 24.2 Å². The average molecular weight is 354 g/mol. The zero-order valence-electron chi connectivity index (χ0n) is 15.4. The van der Waals surface area contributed by atoms with Crippen LogP contribution < -0.4 is 15.4 Å². The van der Waals surface area contributed by atoms with E-state index >= 15 is 0 Å². The molecule has 0 bridgehead atoms. The highest BCUT2D eigenvalue weighted by Gasteiger charge is 2.10. The van der Waals surface area contributed by atoms with E-state index in [1.807, 2.05) is 24.3 Å². The van der Waals surface area contributed by atoms with E-state index in [0.29, 0.717) is 30.6 Å². The highest BCUT2D eigenvalue weighted by atomic mass is 16.5. The molecule has 2 aromatic carbocycles. The van der Waals surface area contributed by atoms with Gasteiger partial charge in [0, 0.05) is 24.2 Å². The van der Waals surface area contributed by atoms with Crippen molar-refractivity contribution in [3.05, 3.63) is 65.2 Å². The predicted molar refractivity (Wildman–Crippen MR) is 103 cm³/mol. The number of amides is 2. The Morgan fingerprint density at radius 3 is 2.23 bits per heavy atom. The van der Waals surface area contributed by atoms with Crippen LogP contribution in [-0.4, -0.2) is 32.0 Å². The zero-order valence-corrected chi connectivity index (χ0v) is 15.4. The number of carbonyl (C=O) groups excluding carboxylic acids is 2. The molecule has 26 heavy (non-hydrogen) atoms. The standard InChI is InChI=1S/C21H26N2O3/c1-3-4-12-22-20(24)17-8-6-9-18(15-17)21(25)23-13-11-16-7-5-10-19(14-16)26-2/h5-10,14-15H,3-4,11-13H2,1-2H3,(H,22,24)(H,23,25). The SMILES string of the molecule is CCCCNC(=O)c1cccc(C(=O)NCCc2cccc(OC)c2)c1. The molecule has 5 heteroatoms. The topological polar surface area (TPSA) is 67.4 Å². The first-order valence-electron chi connectivity index (χ1n) is 8.93. The summed E-state index contributed by atoms with van der Waals surface area (Å²) in [7, 11) is 1.63. The van der Waals surface area contributed by atoms with Gasteiger partial charge in [-0.1, -0.05) is 31.5 Å². The molecular weight excluding hydrogens is 328 g/mol. The van der Waals surface area contributed by atoms with Crippen molar-refractivity contribution in [3.8, 4) is 5.75 Å². The summed E-state index contributed by atoms with van der Waals surface area (Å²) in [6.45, 7) is 3.23. The van der Waals surface area contributed by atoms with E-state index in [4.69, 9.17) is 4.74 Å². The fourth-order valence-electron chi connectivity index (χ4n) is 2.53. The fraction of sp³-hybridized carbons (Fsp3) is 0.333. The second-order valence-corrected chi connectivity index (χ2v) is 6.05. The van der Waals surface area contributed by atoms with Crippen molar-refractivity contribution >= 4 is 11.8 Å². The van der Waals surface area contributed by atoms with Crippen LogP contribution in [0.25, 0.3) is 0 Å². The van der Waals surface area contributed by atoms with Crippen molar-refractivity contribution in [2.45, 2.75) is 26.2 Å². The molecular formula is C21H26N2O3. The van der Waals surface area contributed by atoms with Gasteiger partial charge in [0.15, 0.2) is 0 Å². The number of unbranched alkanes of at least 4 members (excludes halogenated alkanes) is 1. The first-order chi connectivity index (χ1) is 12.6. The monoisotopic (exact) mass is 354 g/mol. The summed E-state index contributed by atoms with van der Waals surface area (Å²) < 4.78 is 5.20. The minimum atomic E-state index is -0.184. The van der Waals surface area contributed by atoms with Crippen LogP contribution >= 0.6 is 0 Å². The Hall–Kier alpha value is -2.82. The number of rotatable bonds is 9. The summed E-state index contributed by atoms with van der Waals surface area (Å²) in [5.41, 5.74) is 2.08. The van der Waals surface area contributed by atoms with Crippen LogP contribution in [0.3, 0.4) is 0 Å². The maximum absolute atomic E-state index is 12.3. The highest BCUT2D eigenvalue weighted by Crippen LogP contribution is 2.12. The number of ether oxygens (including phenoxy) is 1. The van der Waals surface area contributed by atoms with Crippen molar-refractivity contribution in [2.24, 2.45) is 0 Å². The van der Waals surface area contributed by atoms with E-state index in [1.54, 1.807) is 31.4 Å². The molecule has 0 aliphatic rings. The van der Waals surface area contributed by atoms with Crippen LogP contribution in [0.5, 0.6) is 5.75 Å². The van der Waals surface area contributed by atoms with Gasteiger partial charge in [-0.05, 0) is 48.7 Å². The normalized spacial score (nSPS) is 10.2. The molecule has 2 N–H and O–H groups in total. The van der Waals surface area contributed by atoms with E-state index in [2.05, 4.69) is 17.6 Å². The molecule has 0 unspecified atom stereocenters. The molecule has 2 aromatic rings. The Morgan fingerprint density at radius 2 is 1.58 bits per heavy atom. The minimum absolute atomic E-state index is 0.149. The van der Waals surface area contributed by atoms with Gasteiger partial charge in [0.2, 0.25) is 0 Å². The third-order valence-electron chi connectivity index (χ3n) is 4.04. The average Bonchev–Trinajstić information content (AvgIpc) is 2.68. The molecule has 0 fully saturated rings. The molecule has 0 spiro atoms. The number of methoxy groups -OCH3 is 1. The van der Waals surface area contributed by atoms with Crippen LogP contribution in [-0.2, 0) is 6.42 Å². The zero-order chi connectivity index (χ0) is 18.8. The lowest BCUT2D eigenvalue weighted by molar-refractivity contribution is 0.0952. The van der Waals surface area contributed by atoms with Gasteiger partial charge in [0.1, 0.15) is 5.75 Å². The molecule has 0 heterocycles. The van der Waals surface area contributed by atoms with E-state index < -0.39 is 0 Å². The lowest BCUT2D eigenvalue weighted by Gasteiger charge is -2.08. The van der Waals surface area contributed by atoms with Gasteiger partial charge in [-0.15, -0.1) is 0 Å². The van der Waals surface area contributed by atoms with Crippen LogP contribution in [0.1, 0.15) is 46.0 Å². The quantitative estimate of drug-likeness (QED) is 0.680. The molecule has 0 aliphatic heterocycles. The third kappa shape index (κ3) is 5.92. The minimum Gasteiger partial charge on any atom is -0.497 e. The van der Waals surface area contributed by atoms with Crippen molar-refractivity contribution in [3.63, 3.8) is 0 Å². The lowest BCUT2D eigenvalue weighted by atomic mass is 10.1. The Balaban J connectivity index is 1.88. The van der Waals surface area contributed by atoms with Crippen LogP contribution in [0, 0.1) is 0 Å². The van der Waals surface area contributed by atoms with Gasteiger partial charge in [0.25, 0.3) is 11.8 Å².